The average Bonchev–Trinajstić information content (AvgIpc) is 2.95. The van der Waals surface area contributed by atoms with Gasteiger partial charge in [0.25, 0.3) is 0 Å². The van der Waals surface area contributed by atoms with E-state index in [0.717, 1.165) is 0 Å². The van der Waals surface area contributed by atoms with Crippen molar-refractivity contribution in [2.24, 2.45) is 0 Å². The molecule has 0 bridgehead atoms. The molecule has 0 atom stereocenters. The van der Waals surface area contributed by atoms with Gasteiger partial charge in [-0.15, -0.1) is 11.3 Å². The third-order valence-corrected chi connectivity index (χ3v) is 4.33. The first-order chi connectivity index (χ1) is 9.58. The third kappa shape index (κ3) is 3.82. The Morgan fingerprint density at radius 3 is 2.60 bits per heavy atom. The molecule has 1 aromatic carbocycles. The van der Waals surface area contributed by atoms with Crippen LogP contribution >= 0.6 is 34.5 Å². The minimum atomic E-state index is -0.265. The molecule has 0 unspecified atom stereocenters. The van der Waals surface area contributed by atoms with Crippen LogP contribution in [0.2, 0.25) is 10.0 Å². The smallest absolute Gasteiger partial charge is 0.224 e. The second-order valence-electron chi connectivity index (χ2n) is 4.05. The fourth-order valence-corrected chi connectivity index (χ4v) is 2.64. The van der Waals surface area contributed by atoms with Gasteiger partial charge >= 0.3 is 0 Å². The molecule has 2 aromatic rings. The van der Waals surface area contributed by atoms with Gasteiger partial charge in [0.05, 0.1) is 20.6 Å². The first-order valence-corrected chi connectivity index (χ1v) is 7.52. The normalized spacial score (nSPS) is 10.3. The van der Waals surface area contributed by atoms with Gasteiger partial charge in [-0.25, -0.2) is 0 Å². The summed E-state index contributed by atoms with van der Waals surface area (Å²) in [6.07, 6.45) is 0.282. The number of nitrogens with one attached hydrogen (secondary N) is 1. The lowest BCUT2D eigenvalue weighted by Crippen LogP contribution is -2.13. The number of anilines is 1. The molecule has 1 heterocycles. The lowest BCUT2D eigenvalue weighted by Gasteiger charge is -2.07. The number of halogens is 2. The van der Waals surface area contributed by atoms with E-state index >= 15 is 0 Å². The Kier molecular flexibility index (Phi) is 5.17. The first kappa shape index (κ1) is 15.0. The van der Waals surface area contributed by atoms with Crippen LogP contribution in [-0.4, -0.2) is 11.7 Å². The van der Waals surface area contributed by atoms with Crippen molar-refractivity contribution in [3.8, 4) is 0 Å². The topological polar surface area (TPSA) is 46.2 Å². The number of hydrogen-bond donors (Lipinski definition) is 1. The molecule has 2 rings (SSSR count). The molecule has 0 radical (unpaired) electrons. The Bertz CT molecular complexity index is 626. The van der Waals surface area contributed by atoms with Crippen molar-refractivity contribution >= 4 is 51.9 Å². The van der Waals surface area contributed by atoms with Crippen LogP contribution < -0.4 is 5.32 Å². The number of benzene rings is 1. The summed E-state index contributed by atoms with van der Waals surface area (Å²) in [7, 11) is 0. The molecule has 1 amide bonds. The maximum Gasteiger partial charge on any atom is 0.224 e. The first-order valence-electron chi connectivity index (χ1n) is 5.88. The summed E-state index contributed by atoms with van der Waals surface area (Å²) in [4.78, 5) is 24.2. The highest BCUT2D eigenvalue weighted by Gasteiger charge is 2.12. The van der Waals surface area contributed by atoms with E-state index < -0.39 is 0 Å². The van der Waals surface area contributed by atoms with Crippen LogP contribution in [-0.2, 0) is 4.79 Å². The largest absolute Gasteiger partial charge is 0.325 e. The minimum Gasteiger partial charge on any atom is -0.325 e. The van der Waals surface area contributed by atoms with Crippen LogP contribution in [0.3, 0.4) is 0 Å². The third-order valence-electron chi connectivity index (χ3n) is 2.60. The highest BCUT2D eigenvalue weighted by Crippen LogP contribution is 2.29. The maximum absolute atomic E-state index is 11.8. The highest BCUT2D eigenvalue weighted by atomic mass is 35.5. The molecule has 0 aliphatic rings. The Morgan fingerprint density at radius 1 is 1.10 bits per heavy atom. The second-order valence-corrected chi connectivity index (χ2v) is 5.78. The highest BCUT2D eigenvalue weighted by molar-refractivity contribution is 7.12. The number of hydrogen-bond acceptors (Lipinski definition) is 3. The summed E-state index contributed by atoms with van der Waals surface area (Å²) in [6.45, 7) is 0. The van der Waals surface area contributed by atoms with Gasteiger partial charge in [0.15, 0.2) is 5.78 Å². The molecular formula is C14H11Cl2NO2S. The number of carbonyl (C=O) groups excluding carboxylic acids is 2. The van der Waals surface area contributed by atoms with Crippen molar-refractivity contribution < 1.29 is 9.59 Å². The van der Waals surface area contributed by atoms with Gasteiger partial charge in [-0.05, 0) is 23.6 Å². The number of carbonyl (C=O) groups is 2. The standard InChI is InChI=1S/C14H11Cl2NO2S/c15-9-3-1-4-10(14(9)16)17-13(19)7-6-11(18)12-5-2-8-20-12/h1-5,8H,6-7H2,(H,17,19). The van der Waals surface area contributed by atoms with Crippen LogP contribution in [0.5, 0.6) is 0 Å². The van der Waals surface area contributed by atoms with Crippen molar-refractivity contribution in [2.75, 3.05) is 5.32 Å². The van der Waals surface area contributed by atoms with Gasteiger partial charge < -0.3 is 5.32 Å². The summed E-state index contributed by atoms with van der Waals surface area (Å²) in [5, 5.41) is 5.15. The molecule has 0 saturated heterocycles. The zero-order valence-corrected chi connectivity index (χ0v) is 12.7. The van der Waals surface area contributed by atoms with Crippen LogP contribution in [0, 0.1) is 0 Å². The van der Waals surface area contributed by atoms with Crippen LogP contribution in [0.1, 0.15) is 22.5 Å². The molecule has 104 valence electrons. The molecule has 6 heteroatoms. The van der Waals surface area contributed by atoms with E-state index in [1.807, 2.05) is 11.4 Å². The van der Waals surface area contributed by atoms with Gasteiger partial charge in [-0.2, -0.15) is 0 Å². The Balaban J connectivity index is 1.90. The molecule has 0 spiro atoms. The van der Waals surface area contributed by atoms with E-state index in [0.29, 0.717) is 20.6 Å². The molecule has 0 aliphatic heterocycles. The zero-order chi connectivity index (χ0) is 14.5. The summed E-state index contributed by atoms with van der Waals surface area (Å²) in [5.74, 6) is -0.300. The lowest BCUT2D eigenvalue weighted by atomic mass is 10.2. The van der Waals surface area contributed by atoms with Crippen LogP contribution in [0.4, 0.5) is 5.69 Å². The molecule has 1 aromatic heterocycles. The monoisotopic (exact) mass is 327 g/mol. The molecular weight excluding hydrogens is 317 g/mol. The molecule has 0 aliphatic carbocycles. The molecule has 0 fully saturated rings. The van der Waals surface area contributed by atoms with Crippen molar-refractivity contribution in [1.82, 2.24) is 0 Å². The average molecular weight is 328 g/mol. The predicted octanol–water partition coefficient (Wildman–Crippen LogP) is 4.66. The van der Waals surface area contributed by atoms with E-state index in [2.05, 4.69) is 5.32 Å². The van der Waals surface area contributed by atoms with E-state index in [4.69, 9.17) is 23.2 Å². The molecule has 1 N–H and O–H groups in total. The quantitative estimate of drug-likeness (QED) is 0.812. The SMILES string of the molecule is O=C(CCC(=O)c1cccs1)Nc1cccc(Cl)c1Cl. The number of thiophene rings is 1. The Labute approximate surface area is 130 Å². The molecule has 20 heavy (non-hydrogen) atoms. The van der Waals surface area contributed by atoms with Gasteiger partial charge in [0, 0.05) is 12.8 Å². The van der Waals surface area contributed by atoms with Gasteiger partial charge in [-0.3, -0.25) is 9.59 Å². The minimum absolute atomic E-state index is 0.0349. The van der Waals surface area contributed by atoms with Crippen molar-refractivity contribution in [2.45, 2.75) is 12.8 Å². The summed E-state index contributed by atoms with van der Waals surface area (Å²) >= 11 is 13.2. The van der Waals surface area contributed by atoms with Crippen LogP contribution in [0.25, 0.3) is 0 Å². The van der Waals surface area contributed by atoms with E-state index in [-0.39, 0.29) is 24.5 Å². The second kappa shape index (κ2) is 6.88. The number of amides is 1. The number of ketones is 1. The predicted molar refractivity (Wildman–Crippen MR) is 83.0 cm³/mol. The van der Waals surface area contributed by atoms with Crippen LogP contribution in [0.15, 0.2) is 35.7 Å². The Morgan fingerprint density at radius 2 is 1.90 bits per heavy atom. The van der Waals surface area contributed by atoms with Crippen molar-refractivity contribution in [3.63, 3.8) is 0 Å². The molecule has 3 nitrogen and oxygen atoms in total. The summed E-state index contributed by atoms with van der Waals surface area (Å²) in [6, 6.07) is 8.55. The van der Waals surface area contributed by atoms with Gasteiger partial charge in [0.1, 0.15) is 0 Å². The van der Waals surface area contributed by atoms with E-state index in [1.54, 1.807) is 24.3 Å². The summed E-state index contributed by atoms with van der Waals surface area (Å²) < 4.78 is 0. The fourth-order valence-electron chi connectivity index (χ4n) is 1.60. The summed E-state index contributed by atoms with van der Waals surface area (Å²) in [5.41, 5.74) is 0.452. The van der Waals surface area contributed by atoms with Crippen molar-refractivity contribution in [3.05, 3.63) is 50.6 Å². The number of Topliss-reactive ketones (excluding diaryl/α,β-unsaturated/α-hetero) is 1. The van der Waals surface area contributed by atoms with Crippen molar-refractivity contribution in [1.29, 1.82) is 0 Å². The zero-order valence-electron chi connectivity index (χ0n) is 10.4. The van der Waals surface area contributed by atoms with E-state index in [1.165, 1.54) is 11.3 Å². The fraction of sp³-hybridized carbons (Fsp3) is 0.143. The van der Waals surface area contributed by atoms with Gasteiger partial charge in [0.2, 0.25) is 5.91 Å². The maximum atomic E-state index is 11.8. The van der Waals surface area contributed by atoms with E-state index in [9.17, 15) is 9.59 Å². The molecule has 0 saturated carbocycles. The Hall–Kier alpha value is -1.36. The van der Waals surface area contributed by atoms with Gasteiger partial charge in [-0.1, -0.05) is 35.3 Å². The number of rotatable bonds is 5. The lowest BCUT2D eigenvalue weighted by molar-refractivity contribution is -0.116.